The van der Waals surface area contributed by atoms with E-state index in [1.165, 1.54) is 10.6 Å². The molecule has 1 aromatic heterocycles. The Hall–Kier alpha value is -2.00. The third-order valence-corrected chi connectivity index (χ3v) is 5.57. The van der Waals surface area contributed by atoms with E-state index in [-0.39, 0.29) is 5.91 Å². The van der Waals surface area contributed by atoms with Crippen molar-refractivity contribution in [2.45, 2.75) is 19.9 Å². The van der Waals surface area contributed by atoms with Gasteiger partial charge in [0.15, 0.2) is 0 Å². The summed E-state index contributed by atoms with van der Waals surface area (Å²) in [6.45, 7) is 4.43. The molecule has 1 aliphatic rings. The highest BCUT2D eigenvalue weighted by atomic mass is 32.2. The lowest BCUT2D eigenvalue weighted by Gasteiger charge is -2.21. The molecule has 0 unspecified atom stereocenters. The minimum atomic E-state index is -3.22. The molecule has 1 saturated heterocycles. The maximum Gasteiger partial charge on any atom is 0.253 e. The smallest absolute Gasteiger partial charge is 0.253 e. The fraction of sp³-hybridized carbons (Fsp3) is 0.533. The van der Waals surface area contributed by atoms with Crippen LogP contribution >= 0.6 is 0 Å². The predicted octanol–water partition coefficient (Wildman–Crippen LogP) is 0.559. The molecule has 1 fully saturated rings. The van der Waals surface area contributed by atoms with Gasteiger partial charge < -0.3 is 4.90 Å². The first-order valence-electron chi connectivity index (χ1n) is 7.98. The molecular formula is C15H21N5O3S. The van der Waals surface area contributed by atoms with Crippen LogP contribution < -0.4 is 0 Å². The minimum Gasteiger partial charge on any atom is -0.337 e. The van der Waals surface area contributed by atoms with Crippen LogP contribution in [-0.4, -0.2) is 71.0 Å². The van der Waals surface area contributed by atoms with E-state index >= 15 is 0 Å². The van der Waals surface area contributed by atoms with Crippen LogP contribution in [0.1, 0.15) is 23.7 Å². The molecule has 2 heterocycles. The Morgan fingerprint density at radius 3 is 2.71 bits per heavy atom. The zero-order valence-corrected chi connectivity index (χ0v) is 14.7. The molecule has 0 radical (unpaired) electrons. The first-order chi connectivity index (χ1) is 11.4. The van der Waals surface area contributed by atoms with Gasteiger partial charge in [-0.3, -0.25) is 4.79 Å². The third-order valence-electron chi connectivity index (χ3n) is 4.27. The van der Waals surface area contributed by atoms with Crippen molar-refractivity contribution in [3.05, 3.63) is 23.8 Å². The fourth-order valence-electron chi connectivity index (χ4n) is 2.95. The second-order valence-electron chi connectivity index (χ2n) is 5.92. The molecule has 9 heteroatoms. The Bertz CT molecular complexity index is 861. The highest BCUT2D eigenvalue weighted by Crippen LogP contribution is 2.16. The summed E-state index contributed by atoms with van der Waals surface area (Å²) in [6, 6.07) is 5.38. The summed E-state index contributed by atoms with van der Waals surface area (Å²) in [5.74, 6) is -0.0988. The molecule has 0 atom stereocenters. The normalized spacial score (nSPS) is 17.2. The van der Waals surface area contributed by atoms with Crippen LogP contribution in [-0.2, 0) is 16.6 Å². The third kappa shape index (κ3) is 3.27. The Morgan fingerprint density at radius 1 is 1.21 bits per heavy atom. The Morgan fingerprint density at radius 2 is 2.00 bits per heavy atom. The first kappa shape index (κ1) is 16.8. The molecule has 1 aromatic carbocycles. The number of benzene rings is 1. The van der Waals surface area contributed by atoms with Gasteiger partial charge in [0.2, 0.25) is 10.0 Å². The zero-order chi connectivity index (χ0) is 17.3. The number of nitrogens with zero attached hydrogens (tertiary/aromatic N) is 5. The van der Waals surface area contributed by atoms with Crippen LogP contribution in [0, 0.1) is 0 Å². The van der Waals surface area contributed by atoms with Crippen molar-refractivity contribution in [3.63, 3.8) is 0 Å². The number of aromatic nitrogens is 3. The van der Waals surface area contributed by atoms with E-state index in [1.54, 1.807) is 21.7 Å². The number of aryl methyl sites for hydroxylation is 1. The number of fused-ring (bicyclic) bond motifs is 1. The number of rotatable bonds is 3. The Balaban J connectivity index is 1.79. The summed E-state index contributed by atoms with van der Waals surface area (Å²) in [6.07, 6.45) is 1.84. The summed E-state index contributed by atoms with van der Waals surface area (Å²) in [5, 5.41) is 8.14. The molecule has 3 rings (SSSR count). The van der Waals surface area contributed by atoms with Crippen molar-refractivity contribution in [2.24, 2.45) is 0 Å². The minimum absolute atomic E-state index is 0.0988. The van der Waals surface area contributed by atoms with E-state index in [4.69, 9.17) is 0 Å². The average Bonchev–Trinajstić information content (AvgIpc) is 2.78. The van der Waals surface area contributed by atoms with E-state index in [1.807, 2.05) is 13.0 Å². The second-order valence-corrected chi connectivity index (χ2v) is 7.90. The molecule has 130 valence electrons. The van der Waals surface area contributed by atoms with Gasteiger partial charge in [0.05, 0.1) is 11.8 Å². The molecule has 0 saturated carbocycles. The summed E-state index contributed by atoms with van der Waals surface area (Å²) >= 11 is 0. The van der Waals surface area contributed by atoms with Gasteiger partial charge in [-0.05, 0) is 31.5 Å². The lowest BCUT2D eigenvalue weighted by atomic mass is 10.1. The number of hydrogen-bond donors (Lipinski definition) is 0. The van der Waals surface area contributed by atoms with Gasteiger partial charge in [0, 0.05) is 38.3 Å². The molecule has 24 heavy (non-hydrogen) atoms. The highest BCUT2D eigenvalue weighted by molar-refractivity contribution is 7.88. The number of sulfonamides is 1. The molecule has 0 bridgehead atoms. The molecule has 0 spiro atoms. The second kappa shape index (κ2) is 6.48. The fourth-order valence-corrected chi connectivity index (χ4v) is 3.82. The van der Waals surface area contributed by atoms with Crippen LogP contribution in [0.3, 0.4) is 0 Å². The number of hydrogen-bond acceptors (Lipinski definition) is 5. The van der Waals surface area contributed by atoms with E-state index in [0.717, 1.165) is 12.1 Å². The summed E-state index contributed by atoms with van der Waals surface area (Å²) < 4.78 is 26.5. The molecule has 1 amide bonds. The van der Waals surface area contributed by atoms with Gasteiger partial charge in [-0.15, -0.1) is 5.10 Å². The maximum absolute atomic E-state index is 12.7. The molecule has 0 aliphatic carbocycles. The standard InChI is InChI=1S/C15H21N5O3S/c1-3-20-14-6-5-12(11-13(14)16-17-20)15(21)18-7-4-8-19(10-9-18)24(2,22)23/h5-6,11H,3-4,7-10H2,1-2H3. The van der Waals surface area contributed by atoms with Crippen molar-refractivity contribution in [1.82, 2.24) is 24.2 Å². The monoisotopic (exact) mass is 351 g/mol. The van der Waals surface area contributed by atoms with E-state index < -0.39 is 10.0 Å². The lowest BCUT2D eigenvalue weighted by Crippen LogP contribution is -2.36. The SMILES string of the molecule is CCn1nnc2cc(C(=O)N3CCCN(S(C)(=O)=O)CC3)ccc21. The predicted molar refractivity (Wildman–Crippen MR) is 90.1 cm³/mol. The average molecular weight is 351 g/mol. The summed E-state index contributed by atoms with van der Waals surface area (Å²) in [5.41, 5.74) is 2.14. The Kier molecular flexibility index (Phi) is 4.55. The van der Waals surface area contributed by atoms with Crippen LogP contribution in [0.25, 0.3) is 11.0 Å². The van der Waals surface area contributed by atoms with Crippen molar-refractivity contribution >= 4 is 27.0 Å². The topological polar surface area (TPSA) is 88.4 Å². The van der Waals surface area contributed by atoms with Crippen molar-refractivity contribution in [2.75, 3.05) is 32.4 Å². The Labute approximate surface area is 141 Å². The summed E-state index contributed by atoms with van der Waals surface area (Å²) in [4.78, 5) is 14.4. The van der Waals surface area contributed by atoms with E-state index in [2.05, 4.69) is 10.3 Å². The van der Waals surface area contributed by atoms with E-state index in [9.17, 15) is 13.2 Å². The van der Waals surface area contributed by atoms with Gasteiger partial charge in [-0.2, -0.15) is 0 Å². The van der Waals surface area contributed by atoms with Crippen LogP contribution in [0.4, 0.5) is 0 Å². The van der Waals surface area contributed by atoms with Crippen LogP contribution in [0.2, 0.25) is 0 Å². The number of amides is 1. The van der Waals surface area contributed by atoms with Crippen LogP contribution in [0.5, 0.6) is 0 Å². The van der Waals surface area contributed by atoms with Crippen molar-refractivity contribution in [1.29, 1.82) is 0 Å². The highest BCUT2D eigenvalue weighted by Gasteiger charge is 2.24. The first-order valence-corrected chi connectivity index (χ1v) is 9.82. The van der Waals surface area contributed by atoms with Crippen molar-refractivity contribution in [3.8, 4) is 0 Å². The van der Waals surface area contributed by atoms with E-state index in [0.29, 0.717) is 43.7 Å². The lowest BCUT2D eigenvalue weighted by molar-refractivity contribution is 0.0764. The van der Waals surface area contributed by atoms with Crippen LogP contribution in [0.15, 0.2) is 18.2 Å². The van der Waals surface area contributed by atoms with Gasteiger partial charge in [-0.25, -0.2) is 17.4 Å². The van der Waals surface area contributed by atoms with Gasteiger partial charge in [0.1, 0.15) is 5.52 Å². The molecule has 1 aliphatic heterocycles. The molecular weight excluding hydrogens is 330 g/mol. The van der Waals surface area contributed by atoms with Gasteiger partial charge >= 0.3 is 0 Å². The number of carbonyl (C=O) groups is 1. The quantitative estimate of drug-likeness (QED) is 0.806. The van der Waals surface area contributed by atoms with Gasteiger partial charge in [-0.1, -0.05) is 5.21 Å². The largest absolute Gasteiger partial charge is 0.337 e. The van der Waals surface area contributed by atoms with Crippen molar-refractivity contribution < 1.29 is 13.2 Å². The molecule has 8 nitrogen and oxygen atoms in total. The maximum atomic E-state index is 12.7. The number of carbonyl (C=O) groups excluding carboxylic acids is 1. The molecule has 0 N–H and O–H groups in total. The summed E-state index contributed by atoms with van der Waals surface area (Å²) in [7, 11) is -3.22. The zero-order valence-electron chi connectivity index (χ0n) is 13.8. The van der Waals surface area contributed by atoms with Gasteiger partial charge in [0.25, 0.3) is 5.91 Å². The molecule has 2 aromatic rings.